The first-order valence-corrected chi connectivity index (χ1v) is 6.38. The number of hydrogen-bond donors (Lipinski definition) is 1. The van der Waals surface area contributed by atoms with Crippen LogP contribution in [0.1, 0.15) is 17.5 Å². The maximum atomic E-state index is 8.85. The van der Waals surface area contributed by atoms with Crippen molar-refractivity contribution in [3.63, 3.8) is 0 Å². The highest BCUT2D eigenvalue weighted by molar-refractivity contribution is 7.98. The van der Waals surface area contributed by atoms with Gasteiger partial charge in [0, 0.05) is 12.2 Å². The van der Waals surface area contributed by atoms with E-state index in [0.717, 1.165) is 24.4 Å². The van der Waals surface area contributed by atoms with Gasteiger partial charge in [-0.1, -0.05) is 0 Å². The average molecular weight is 231 g/mol. The molecule has 0 amide bonds. The maximum absolute atomic E-state index is 8.85. The predicted molar refractivity (Wildman–Crippen MR) is 67.4 cm³/mol. The SMILES string of the molecule is CSCCCNc1ccc(C#N)c(C#N)c1. The van der Waals surface area contributed by atoms with Crippen LogP contribution in [0.4, 0.5) is 5.69 Å². The fourth-order valence-corrected chi connectivity index (χ4v) is 1.73. The van der Waals surface area contributed by atoms with E-state index < -0.39 is 0 Å². The highest BCUT2D eigenvalue weighted by Gasteiger charge is 2.01. The molecule has 0 aliphatic rings. The lowest BCUT2D eigenvalue weighted by atomic mass is 10.1. The molecule has 0 unspecified atom stereocenters. The van der Waals surface area contributed by atoms with E-state index in [-0.39, 0.29) is 0 Å². The second-order valence-corrected chi connectivity index (χ2v) is 4.24. The molecule has 0 heterocycles. The van der Waals surface area contributed by atoms with Gasteiger partial charge in [-0.2, -0.15) is 22.3 Å². The lowest BCUT2D eigenvalue weighted by Crippen LogP contribution is -2.02. The summed E-state index contributed by atoms with van der Waals surface area (Å²) in [6.45, 7) is 0.887. The molecule has 3 nitrogen and oxygen atoms in total. The molecule has 1 aromatic carbocycles. The Morgan fingerprint density at radius 3 is 2.62 bits per heavy atom. The van der Waals surface area contributed by atoms with E-state index in [0.29, 0.717) is 11.1 Å². The van der Waals surface area contributed by atoms with Crippen LogP contribution in [0.15, 0.2) is 18.2 Å². The molecule has 0 spiro atoms. The van der Waals surface area contributed by atoms with Crippen LogP contribution in [0.5, 0.6) is 0 Å². The number of rotatable bonds is 5. The Labute approximate surface area is 100 Å². The summed E-state index contributed by atoms with van der Waals surface area (Å²) >= 11 is 1.82. The van der Waals surface area contributed by atoms with Gasteiger partial charge in [-0.3, -0.25) is 0 Å². The quantitative estimate of drug-likeness (QED) is 0.791. The number of hydrogen-bond acceptors (Lipinski definition) is 4. The van der Waals surface area contributed by atoms with Crippen molar-refractivity contribution in [3.05, 3.63) is 29.3 Å². The van der Waals surface area contributed by atoms with Gasteiger partial charge >= 0.3 is 0 Å². The van der Waals surface area contributed by atoms with E-state index in [1.165, 1.54) is 0 Å². The summed E-state index contributed by atoms with van der Waals surface area (Å²) in [5, 5.41) is 20.8. The second-order valence-electron chi connectivity index (χ2n) is 3.26. The van der Waals surface area contributed by atoms with Gasteiger partial charge in [0.1, 0.15) is 12.1 Å². The molecule has 0 bridgehead atoms. The van der Waals surface area contributed by atoms with Crippen molar-refractivity contribution < 1.29 is 0 Å². The van der Waals surface area contributed by atoms with Crippen molar-refractivity contribution in [2.24, 2.45) is 0 Å². The van der Waals surface area contributed by atoms with E-state index in [1.807, 2.05) is 30.0 Å². The van der Waals surface area contributed by atoms with Crippen molar-refractivity contribution in [3.8, 4) is 12.1 Å². The van der Waals surface area contributed by atoms with E-state index in [1.54, 1.807) is 12.1 Å². The zero-order valence-electron chi connectivity index (χ0n) is 9.16. The molecule has 0 aliphatic carbocycles. The predicted octanol–water partition coefficient (Wildman–Crippen LogP) is 2.59. The van der Waals surface area contributed by atoms with Crippen molar-refractivity contribution >= 4 is 17.4 Å². The summed E-state index contributed by atoms with van der Waals surface area (Å²) in [4.78, 5) is 0. The van der Waals surface area contributed by atoms with Gasteiger partial charge in [0.05, 0.1) is 11.1 Å². The minimum Gasteiger partial charge on any atom is -0.385 e. The molecule has 4 heteroatoms. The number of anilines is 1. The molecule has 0 aromatic heterocycles. The summed E-state index contributed by atoms with van der Waals surface area (Å²) in [6.07, 6.45) is 3.17. The van der Waals surface area contributed by atoms with Crippen molar-refractivity contribution in [2.45, 2.75) is 6.42 Å². The molecule has 16 heavy (non-hydrogen) atoms. The van der Waals surface area contributed by atoms with Crippen molar-refractivity contribution in [1.82, 2.24) is 0 Å². The Bertz CT molecular complexity index is 429. The van der Waals surface area contributed by atoms with Crippen molar-refractivity contribution in [1.29, 1.82) is 10.5 Å². The van der Waals surface area contributed by atoms with Crippen LogP contribution in [0, 0.1) is 22.7 Å². The van der Waals surface area contributed by atoms with Crippen LogP contribution in [0.3, 0.4) is 0 Å². The zero-order chi connectivity index (χ0) is 11.8. The molecule has 1 rings (SSSR count). The number of thioether (sulfide) groups is 1. The van der Waals surface area contributed by atoms with Gasteiger partial charge in [-0.15, -0.1) is 0 Å². The second kappa shape index (κ2) is 6.76. The third kappa shape index (κ3) is 3.49. The maximum Gasteiger partial charge on any atom is 0.101 e. The van der Waals surface area contributed by atoms with E-state index >= 15 is 0 Å². The number of nitrogens with zero attached hydrogens (tertiary/aromatic N) is 2. The molecule has 0 radical (unpaired) electrons. The molecular formula is C12H13N3S. The van der Waals surface area contributed by atoms with E-state index in [4.69, 9.17) is 10.5 Å². The lowest BCUT2D eigenvalue weighted by molar-refractivity contribution is 0.993. The normalized spacial score (nSPS) is 9.19. The number of benzene rings is 1. The zero-order valence-corrected chi connectivity index (χ0v) is 9.97. The Balaban J connectivity index is 2.63. The first-order chi connectivity index (χ1) is 7.81. The van der Waals surface area contributed by atoms with Gasteiger partial charge in [-0.05, 0) is 36.6 Å². The number of nitrogens with one attached hydrogen (secondary N) is 1. The summed E-state index contributed by atoms with van der Waals surface area (Å²) < 4.78 is 0. The van der Waals surface area contributed by atoms with Crippen LogP contribution < -0.4 is 5.32 Å². The number of nitriles is 2. The highest BCUT2D eigenvalue weighted by atomic mass is 32.2. The summed E-state index contributed by atoms with van der Waals surface area (Å²) in [5.74, 6) is 1.12. The summed E-state index contributed by atoms with van der Waals surface area (Å²) in [7, 11) is 0. The van der Waals surface area contributed by atoms with Crippen LogP contribution in [0.2, 0.25) is 0 Å². The minimum absolute atomic E-state index is 0.428. The monoisotopic (exact) mass is 231 g/mol. The van der Waals surface area contributed by atoms with Crippen LogP contribution in [-0.2, 0) is 0 Å². The first-order valence-electron chi connectivity index (χ1n) is 4.99. The van der Waals surface area contributed by atoms with Crippen molar-refractivity contribution in [2.75, 3.05) is 23.9 Å². The molecule has 0 saturated carbocycles. The topological polar surface area (TPSA) is 59.6 Å². The van der Waals surface area contributed by atoms with Gasteiger partial charge < -0.3 is 5.32 Å². The third-order valence-corrected chi connectivity index (χ3v) is 2.81. The molecule has 0 fully saturated rings. The van der Waals surface area contributed by atoms with Gasteiger partial charge in [0.2, 0.25) is 0 Å². The molecular weight excluding hydrogens is 218 g/mol. The molecule has 0 aliphatic heterocycles. The molecule has 82 valence electrons. The average Bonchev–Trinajstić information content (AvgIpc) is 2.34. The Kier molecular flexibility index (Phi) is 5.25. The summed E-state index contributed by atoms with van der Waals surface area (Å²) in [5.41, 5.74) is 1.76. The lowest BCUT2D eigenvalue weighted by Gasteiger charge is -2.06. The molecule has 0 atom stereocenters. The summed E-state index contributed by atoms with van der Waals surface area (Å²) in [6, 6.07) is 9.25. The van der Waals surface area contributed by atoms with E-state index in [9.17, 15) is 0 Å². The fourth-order valence-electron chi connectivity index (χ4n) is 1.29. The van der Waals surface area contributed by atoms with Gasteiger partial charge in [0.25, 0.3) is 0 Å². The van der Waals surface area contributed by atoms with Crippen LogP contribution in [0.25, 0.3) is 0 Å². The molecule has 1 aromatic rings. The standard InChI is InChI=1S/C12H13N3S/c1-16-6-2-5-15-12-4-3-10(8-13)11(7-12)9-14/h3-4,7,15H,2,5-6H2,1H3. The Morgan fingerprint density at radius 1 is 1.25 bits per heavy atom. The van der Waals surface area contributed by atoms with Crippen LogP contribution in [-0.4, -0.2) is 18.6 Å². The fraction of sp³-hybridized carbons (Fsp3) is 0.333. The van der Waals surface area contributed by atoms with Gasteiger partial charge in [-0.25, -0.2) is 0 Å². The minimum atomic E-state index is 0.428. The van der Waals surface area contributed by atoms with Crippen LogP contribution >= 0.6 is 11.8 Å². The first kappa shape index (κ1) is 12.4. The van der Waals surface area contributed by atoms with E-state index in [2.05, 4.69) is 11.6 Å². The Hall–Kier alpha value is -1.65. The highest BCUT2D eigenvalue weighted by Crippen LogP contribution is 2.14. The smallest absolute Gasteiger partial charge is 0.101 e. The third-order valence-electron chi connectivity index (χ3n) is 2.11. The molecule has 1 N–H and O–H groups in total. The van der Waals surface area contributed by atoms with Gasteiger partial charge in [0.15, 0.2) is 0 Å². The Morgan fingerprint density at radius 2 is 2.00 bits per heavy atom. The molecule has 0 saturated heterocycles. The largest absolute Gasteiger partial charge is 0.385 e.